The Morgan fingerprint density at radius 1 is 1.10 bits per heavy atom. The van der Waals surface area contributed by atoms with Crippen LogP contribution in [0.25, 0.3) is 0 Å². The molecule has 2 aliphatic rings. The summed E-state index contributed by atoms with van der Waals surface area (Å²) in [5, 5.41) is 8.90. The summed E-state index contributed by atoms with van der Waals surface area (Å²) in [6.07, 6.45) is 4.44. The molecule has 1 aromatic carbocycles. The zero-order chi connectivity index (χ0) is 13.9. The van der Waals surface area contributed by atoms with Crippen LogP contribution in [-0.2, 0) is 4.79 Å². The SMILES string of the molecule is O=C(CNC1CC1)Nc1cccc(C(=O)NC2CC2)c1. The summed E-state index contributed by atoms with van der Waals surface area (Å²) >= 11 is 0. The molecular weight excluding hydrogens is 254 g/mol. The first-order valence-corrected chi connectivity index (χ1v) is 7.15. The first-order valence-electron chi connectivity index (χ1n) is 7.15. The highest BCUT2D eigenvalue weighted by atomic mass is 16.2. The van der Waals surface area contributed by atoms with Crippen molar-refractivity contribution in [3.63, 3.8) is 0 Å². The van der Waals surface area contributed by atoms with Gasteiger partial charge in [-0.05, 0) is 43.9 Å². The minimum atomic E-state index is -0.0725. The number of carbonyl (C=O) groups excluding carboxylic acids is 2. The van der Waals surface area contributed by atoms with E-state index in [1.807, 2.05) is 0 Å². The van der Waals surface area contributed by atoms with E-state index in [1.165, 1.54) is 0 Å². The number of anilines is 1. The zero-order valence-corrected chi connectivity index (χ0v) is 11.3. The van der Waals surface area contributed by atoms with Crippen LogP contribution < -0.4 is 16.0 Å². The van der Waals surface area contributed by atoms with Gasteiger partial charge < -0.3 is 16.0 Å². The van der Waals surface area contributed by atoms with Crippen LogP contribution in [0.5, 0.6) is 0 Å². The lowest BCUT2D eigenvalue weighted by atomic mass is 10.2. The van der Waals surface area contributed by atoms with Gasteiger partial charge in [-0.3, -0.25) is 9.59 Å². The van der Waals surface area contributed by atoms with Gasteiger partial charge in [0.15, 0.2) is 0 Å². The van der Waals surface area contributed by atoms with Crippen molar-refractivity contribution in [1.29, 1.82) is 0 Å². The average molecular weight is 273 g/mol. The highest BCUT2D eigenvalue weighted by Crippen LogP contribution is 2.20. The van der Waals surface area contributed by atoms with Crippen molar-refractivity contribution < 1.29 is 9.59 Å². The third-order valence-corrected chi connectivity index (χ3v) is 3.45. The molecule has 1 aromatic rings. The Bertz CT molecular complexity index is 522. The van der Waals surface area contributed by atoms with E-state index in [0.29, 0.717) is 29.9 Å². The quantitative estimate of drug-likeness (QED) is 0.731. The molecular formula is C15H19N3O2. The van der Waals surface area contributed by atoms with Crippen molar-refractivity contribution in [3.8, 4) is 0 Å². The molecule has 0 bridgehead atoms. The highest BCUT2D eigenvalue weighted by molar-refractivity contribution is 5.97. The van der Waals surface area contributed by atoms with Crippen LogP contribution in [0.15, 0.2) is 24.3 Å². The van der Waals surface area contributed by atoms with Gasteiger partial charge in [0.25, 0.3) is 5.91 Å². The molecule has 5 nitrogen and oxygen atoms in total. The first-order chi connectivity index (χ1) is 9.70. The fourth-order valence-corrected chi connectivity index (χ4v) is 1.96. The van der Waals surface area contributed by atoms with Crippen molar-refractivity contribution in [2.75, 3.05) is 11.9 Å². The van der Waals surface area contributed by atoms with E-state index in [-0.39, 0.29) is 11.8 Å². The molecule has 3 rings (SSSR count). The van der Waals surface area contributed by atoms with Gasteiger partial charge in [-0.15, -0.1) is 0 Å². The summed E-state index contributed by atoms with van der Waals surface area (Å²) in [6, 6.07) is 7.90. The lowest BCUT2D eigenvalue weighted by Crippen LogP contribution is -2.29. The molecule has 0 radical (unpaired) electrons. The van der Waals surface area contributed by atoms with Crippen molar-refractivity contribution in [1.82, 2.24) is 10.6 Å². The largest absolute Gasteiger partial charge is 0.349 e. The third kappa shape index (κ3) is 3.81. The highest BCUT2D eigenvalue weighted by Gasteiger charge is 2.24. The van der Waals surface area contributed by atoms with Crippen LogP contribution in [0.1, 0.15) is 36.0 Å². The van der Waals surface area contributed by atoms with Gasteiger partial charge >= 0.3 is 0 Å². The Kier molecular flexibility index (Phi) is 3.69. The van der Waals surface area contributed by atoms with Gasteiger partial charge in [0.1, 0.15) is 0 Å². The van der Waals surface area contributed by atoms with Gasteiger partial charge in [-0.2, -0.15) is 0 Å². The van der Waals surface area contributed by atoms with Gasteiger partial charge in [-0.25, -0.2) is 0 Å². The Morgan fingerprint density at radius 3 is 2.55 bits per heavy atom. The van der Waals surface area contributed by atoms with E-state index in [9.17, 15) is 9.59 Å². The Morgan fingerprint density at radius 2 is 1.85 bits per heavy atom. The predicted octanol–water partition coefficient (Wildman–Crippen LogP) is 1.27. The molecule has 20 heavy (non-hydrogen) atoms. The second-order valence-electron chi connectivity index (χ2n) is 5.53. The lowest BCUT2D eigenvalue weighted by molar-refractivity contribution is -0.115. The maximum atomic E-state index is 11.9. The molecule has 0 heterocycles. The second-order valence-corrected chi connectivity index (χ2v) is 5.53. The molecule has 0 aliphatic heterocycles. The van der Waals surface area contributed by atoms with Crippen LogP contribution >= 0.6 is 0 Å². The summed E-state index contributed by atoms with van der Waals surface area (Å²) in [5.41, 5.74) is 1.25. The fraction of sp³-hybridized carbons (Fsp3) is 0.467. The molecule has 0 aromatic heterocycles. The molecule has 3 N–H and O–H groups in total. The first kappa shape index (κ1) is 13.1. The number of rotatable bonds is 6. The maximum Gasteiger partial charge on any atom is 0.251 e. The van der Waals surface area contributed by atoms with Gasteiger partial charge in [0.2, 0.25) is 5.91 Å². The van der Waals surface area contributed by atoms with Crippen LogP contribution in [0.3, 0.4) is 0 Å². The normalized spacial score (nSPS) is 17.6. The Balaban J connectivity index is 1.54. The van der Waals surface area contributed by atoms with Crippen molar-refractivity contribution in [2.45, 2.75) is 37.8 Å². The number of hydrogen-bond donors (Lipinski definition) is 3. The van der Waals surface area contributed by atoms with Crippen molar-refractivity contribution >= 4 is 17.5 Å². The molecule has 2 saturated carbocycles. The smallest absolute Gasteiger partial charge is 0.251 e. The Labute approximate surface area is 118 Å². The summed E-state index contributed by atoms with van der Waals surface area (Å²) in [5.74, 6) is -0.142. The zero-order valence-electron chi connectivity index (χ0n) is 11.3. The van der Waals surface area contributed by atoms with Crippen LogP contribution in [0.4, 0.5) is 5.69 Å². The summed E-state index contributed by atoms with van der Waals surface area (Å²) < 4.78 is 0. The number of hydrogen-bond acceptors (Lipinski definition) is 3. The van der Waals surface area contributed by atoms with E-state index < -0.39 is 0 Å². The molecule has 5 heteroatoms. The second kappa shape index (κ2) is 5.63. The molecule has 0 unspecified atom stereocenters. The monoisotopic (exact) mass is 273 g/mol. The van der Waals surface area contributed by atoms with Crippen molar-refractivity contribution in [3.05, 3.63) is 29.8 Å². The summed E-state index contributed by atoms with van der Waals surface area (Å²) in [4.78, 5) is 23.7. The van der Waals surface area contributed by atoms with E-state index in [2.05, 4.69) is 16.0 Å². The van der Waals surface area contributed by atoms with Gasteiger partial charge in [-0.1, -0.05) is 6.07 Å². The average Bonchev–Trinajstić information content (AvgIpc) is 3.31. The van der Waals surface area contributed by atoms with E-state index in [1.54, 1.807) is 24.3 Å². The summed E-state index contributed by atoms with van der Waals surface area (Å²) in [6.45, 7) is 0.323. The number of benzene rings is 1. The van der Waals surface area contributed by atoms with E-state index in [4.69, 9.17) is 0 Å². The van der Waals surface area contributed by atoms with Crippen molar-refractivity contribution in [2.24, 2.45) is 0 Å². The van der Waals surface area contributed by atoms with Gasteiger partial charge in [0.05, 0.1) is 6.54 Å². The predicted molar refractivity (Wildman–Crippen MR) is 76.6 cm³/mol. The Hall–Kier alpha value is -1.88. The molecule has 2 amide bonds. The molecule has 2 aliphatic carbocycles. The summed E-state index contributed by atoms with van der Waals surface area (Å²) in [7, 11) is 0. The fourth-order valence-electron chi connectivity index (χ4n) is 1.96. The standard InChI is InChI=1S/C15H19N3O2/c19-14(9-16-11-4-5-11)17-13-3-1-2-10(8-13)15(20)18-12-6-7-12/h1-3,8,11-12,16H,4-7,9H2,(H,17,19)(H,18,20). The van der Waals surface area contributed by atoms with Gasteiger partial charge in [0, 0.05) is 23.3 Å². The minimum Gasteiger partial charge on any atom is -0.349 e. The molecule has 2 fully saturated rings. The number of amides is 2. The van der Waals surface area contributed by atoms with E-state index in [0.717, 1.165) is 25.7 Å². The lowest BCUT2D eigenvalue weighted by Gasteiger charge is -2.08. The number of nitrogens with one attached hydrogen (secondary N) is 3. The third-order valence-electron chi connectivity index (χ3n) is 3.45. The molecule has 106 valence electrons. The molecule has 0 saturated heterocycles. The van der Waals surface area contributed by atoms with Crippen LogP contribution in [-0.4, -0.2) is 30.4 Å². The molecule has 0 atom stereocenters. The maximum absolute atomic E-state index is 11.9. The topological polar surface area (TPSA) is 70.2 Å². The minimum absolute atomic E-state index is 0.0697. The van der Waals surface area contributed by atoms with Crippen LogP contribution in [0, 0.1) is 0 Å². The van der Waals surface area contributed by atoms with Crippen LogP contribution in [0.2, 0.25) is 0 Å². The number of carbonyl (C=O) groups is 2. The van der Waals surface area contributed by atoms with E-state index >= 15 is 0 Å². The molecule has 0 spiro atoms.